The van der Waals surface area contributed by atoms with Gasteiger partial charge in [0.15, 0.2) is 0 Å². The van der Waals surface area contributed by atoms with E-state index in [0.29, 0.717) is 13.1 Å². The molecule has 0 spiro atoms. The van der Waals surface area contributed by atoms with Crippen LogP contribution in [0.5, 0.6) is 0 Å². The van der Waals surface area contributed by atoms with Gasteiger partial charge in [-0.25, -0.2) is 4.39 Å². The summed E-state index contributed by atoms with van der Waals surface area (Å²) >= 11 is 0. The molecule has 0 saturated carbocycles. The lowest BCUT2D eigenvalue weighted by Crippen LogP contribution is -2.29. The third-order valence-corrected chi connectivity index (χ3v) is 3.03. The van der Waals surface area contributed by atoms with E-state index in [-0.39, 0.29) is 18.1 Å². The van der Waals surface area contributed by atoms with Gasteiger partial charge in [-0.3, -0.25) is 9.48 Å². The SMILES string of the molecule is Cc1cc(C)n(CCNC(=O)Cc2ccc(F)cc2)n1. The van der Waals surface area contributed by atoms with Gasteiger partial charge in [0.05, 0.1) is 18.7 Å². The second kappa shape index (κ2) is 6.32. The van der Waals surface area contributed by atoms with Gasteiger partial charge in [-0.15, -0.1) is 0 Å². The zero-order valence-corrected chi connectivity index (χ0v) is 11.7. The van der Waals surface area contributed by atoms with E-state index in [1.54, 1.807) is 12.1 Å². The van der Waals surface area contributed by atoms with Crippen molar-refractivity contribution in [3.8, 4) is 0 Å². The predicted molar refractivity (Wildman–Crippen MR) is 74.8 cm³/mol. The Morgan fingerprint density at radius 1 is 1.30 bits per heavy atom. The average Bonchev–Trinajstić information content (AvgIpc) is 2.71. The number of benzene rings is 1. The molecule has 0 aliphatic carbocycles. The molecule has 0 fully saturated rings. The molecule has 1 N–H and O–H groups in total. The van der Waals surface area contributed by atoms with Crippen LogP contribution in [-0.2, 0) is 17.8 Å². The van der Waals surface area contributed by atoms with Crippen molar-refractivity contribution in [2.75, 3.05) is 6.54 Å². The Kier molecular flexibility index (Phi) is 4.50. The lowest BCUT2D eigenvalue weighted by atomic mass is 10.1. The summed E-state index contributed by atoms with van der Waals surface area (Å²) in [6.45, 7) is 5.10. The molecule has 1 amide bonds. The van der Waals surface area contributed by atoms with Crippen molar-refractivity contribution >= 4 is 5.91 Å². The highest BCUT2D eigenvalue weighted by atomic mass is 19.1. The number of nitrogens with one attached hydrogen (secondary N) is 1. The van der Waals surface area contributed by atoms with E-state index in [2.05, 4.69) is 10.4 Å². The Hall–Kier alpha value is -2.17. The number of rotatable bonds is 5. The standard InChI is InChI=1S/C15H18FN3O/c1-11-9-12(2)19(18-11)8-7-17-15(20)10-13-3-5-14(16)6-4-13/h3-6,9H,7-8,10H2,1-2H3,(H,17,20). The molecule has 0 aliphatic rings. The first kappa shape index (κ1) is 14.2. The van der Waals surface area contributed by atoms with Crippen LogP contribution in [0.25, 0.3) is 0 Å². The maximum absolute atomic E-state index is 12.7. The summed E-state index contributed by atoms with van der Waals surface area (Å²) in [7, 11) is 0. The molecule has 1 aromatic carbocycles. The van der Waals surface area contributed by atoms with Crippen LogP contribution < -0.4 is 5.32 Å². The van der Waals surface area contributed by atoms with E-state index in [0.717, 1.165) is 17.0 Å². The maximum atomic E-state index is 12.7. The highest BCUT2D eigenvalue weighted by Gasteiger charge is 2.04. The van der Waals surface area contributed by atoms with Crippen LogP contribution >= 0.6 is 0 Å². The van der Waals surface area contributed by atoms with Crippen LogP contribution in [0.2, 0.25) is 0 Å². The monoisotopic (exact) mass is 275 g/mol. The fraction of sp³-hybridized carbons (Fsp3) is 0.333. The van der Waals surface area contributed by atoms with Crippen LogP contribution in [-0.4, -0.2) is 22.2 Å². The van der Waals surface area contributed by atoms with Crippen molar-refractivity contribution in [3.63, 3.8) is 0 Å². The Morgan fingerprint density at radius 3 is 2.60 bits per heavy atom. The molecule has 1 aromatic heterocycles. The van der Waals surface area contributed by atoms with Crippen molar-refractivity contribution in [3.05, 3.63) is 53.1 Å². The summed E-state index contributed by atoms with van der Waals surface area (Å²) in [6, 6.07) is 7.96. The summed E-state index contributed by atoms with van der Waals surface area (Å²) in [5.74, 6) is -0.364. The number of amides is 1. The Labute approximate surface area is 117 Å². The third kappa shape index (κ3) is 3.91. The largest absolute Gasteiger partial charge is 0.354 e. The Bertz CT molecular complexity index is 590. The molecule has 0 saturated heterocycles. The summed E-state index contributed by atoms with van der Waals surface area (Å²) in [6.07, 6.45) is 0.261. The van der Waals surface area contributed by atoms with Crippen LogP contribution in [0, 0.1) is 19.7 Å². The molecular formula is C15H18FN3O. The smallest absolute Gasteiger partial charge is 0.224 e. The molecule has 106 valence electrons. The van der Waals surface area contributed by atoms with Gasteiger partial charge in [0.2, 0.25) is 5.91 Å². The van der Waals surface area contributed by atoms with E-state index in [1.807, 2.05) is 24.6 Å². The maximum Gasteiger partial charge on any atom is 0.224 e. The van der Waals surface area contributed by atoms with E-state index in [4.69, 9.17) is 0 Å². The molecule has 20 heavy (non-hydrogen) atoms. The average molecular weight is 275 g/mol. The number of carbonyl (C=O) groups is 1. The van der Waals surface area contributed by atoms with Crippen molar-refractivity contribution in [2.24, 2.45) is 0 Å². The van der Waals surface area contributed by atoms with E-state index in [9.17, 15) is 9.18 Å². The minimum Gasteiger partial charge on any atom is -0.354 e. The van der Waals surface area contributed by atoms with Crippen molar-refractivity contribution in [1.29, 1.82) is 0 Å². The Balaban J connectivity index is 1.78. The zero-order chi connectivity index (χ0) is 14.5. The van der Waals surface area contributed by atoms with Crippen LogP contribution in [0.4, 0.5) is 4.39 Å². The van der Waals surface area contributed by atoms with E-state index in [1.165, 1.54) is 12.1 Å². The number of halogens is 1. The first-order valence-corrected chi connectivity index (χ1v) is 6.57. The highest BCUT2D eigenvalue weighted by Crippen LogP contribution is 2.03. The minimum absolute atomic E-state index is 0.0712. The predicted octanol–water partition coefficient (Wildman–Crippen LogP) is 2.00. The van der Waals surface area contributed by atoms with Gasteiger partial charge in [0.25, 0.3) is 0 Å². The topological polar surface area (TPSA) is 46.9 Å². The van der Waals surface area contributed by atoms with Gasteiger partial charge in [0, 0.05) is 12.2 Å². The van der Waals surface area contributed by atoms with Crippen molar-refractivity contribution < 1.29 is 9.18 Å². The third-order valence-electron chi connectivity index (χ3n) is 3.03. The lowest BCUT2D eigenvalue weighted by Gasteiger charge is -2.07. The Morgan fingerprint density at radius 2 is 2.00 bits per heavy atom. The minimum atomic E-state index is -0.293. The molecule has 0 aliphatic heterocycles. The second-order valence-electron chi connectivity index (χ2n) is 4.80. The van der Waals surface area contributed by atoms with E-state index < -0.39 is 0 Å². The molecule has 2 rings (SSSR count). The van der Waals surface area contributed by atoms with Gasteiger partial charge in [-0.05, 0) is 37.6 Å². The highest BCUT2D eigenvalue weighted by molar-refractivity contribution is 5.78. The van der Waals surface area contributed by atoms with Gasteiger partial charge in [-0.1, -0.05) is 12.1 Å². The zero-order valence-electron chi connectivity index (χ0n) is 11.7. The molecule has 0 bridgehead atoms. The molecule has 0 atom stereocenters. The van der Waals surface area contributed by atoms with Gasteiger partial charge >= 0.3 is 0 Å². The molecule has 0 radical (unpaired) electrons. The van der Waals surface area contributed by atoms with Gasteiger partial charge < -0.3 is 5.32 Å². The number of aromatic nitrogens is 2. The van der Waals surface area contributed by atoms with Crippen LogP contribution in [0.15, 0.2) is 30.3 Å². The number of hydrogen-bond acceptors (Lipinski definition) is 2. The second-order valence-corrected chi connectivity index (χ2v) is 4.80. The fourth-order valence-corrected chi connectivity index (χ4v) is 2.05. The van der Waals surface area contributed by atoms with Crippen LogP contribution in [0.3, 0.4) is 0 Å². The first-order valence-electron chi connectivity index (χ1n) is 6.57. The molecule has 4 nitrogen and oxygen atoms in total. The molecule has 0 unspecified atom stereocenters. The summed E-state index contributed by atoms with van der Waals surface area (Å²) in [5.41, 5.74) is 2.85. The summed E-state index contributed by atoms with van der Waals surface area (Å²) < 4.78 is 14.6. The fourth-order valence-electron chi connectivity index (χ4n) is 2.05. The normalized spacial score (nSPS) is 10.6. The molecule has 1 heterocycles. The van der Waals surface area contributed by atoms with Crippen LogP contribution in [0.1, 0.15) is 17.0 Å². The van der Waals surface area contributed by atoms with Gasteiger partial charge in [-0.2, -0.15) is 5.10 Å². The number of hydrogen-bond donors (Lipinski definition) is 1. The van der Waals surface area contributed by atoms with Crippen molar-refractivity contribution in [1.82, 2.24) is 15.1 Å². The summed E-state index contributed by atoms with van der Waals surface area (Å²) in [4.78, 5) is 11.7. The number of nitrogens with zero attached hydrogens (tertiary/aromatic N) is 2. The molecule has 5 heteroatoms. The molecule has 2 aromatic rings. The first-order chi connectivity index (χ1) is 9.54. The lowest BCUT2D eigenvalue weighted by molar-refractivity contribution is -0.120. The van der Waals surface area contributed by atoms with Crippen molar-refractivity contribution in [2.45, 2.75) is 26.8 Å². The van der Waals surface area contributed by atoms with Gasteiger partial charge in [0.1, 0.15) is 5.82 Å². The summed E-state index contributed by atoms with van der Waals surface area (Å²) in [5, 5.41) is 7.16. The molecular weight excluding hydrogens is 257 g/mol. The quantitative estimate of drug-likeness (QED) is 0.907. The number of aryl methyl sites for hydroxylation is 2. The number of carbonyl (C=O) groups excluding carboxylic acids is 1. The van der Waals surface area contributed by atoms with E-state index >= 15 is 0 Å².